The number of carboxylic acids is 1. The van der Waals surface area contributed by atoms with Gasteiger partial charge in [0.15, 0.2) is 0 Å². The van der Waals surface area contributed by atoms with Crippen LogP contribution in [0.3, 0.4) is 0 Å². The second kappa shape index (κ2) is 4.25. The molecule has 3 atom stereocenters. The highest BCUT2D eigenvalue weighted by Crippen LogP contribution is 2.29. The standard InChI is InChI=1S/C11H16N2O3/c12-8-4-2-1-3-7-5-6-9(11(15)16)13(7)10(8)14/h1-2,7-9H,3-6,12H2,(H,15,16)/b2-1-/t7-,8-,9-/m0/s1. The van der Waals surface area contributed by atoms with Crippen molar-refractivity contribution in [2.75, 3.05) is 0 Å². The van der Waals surface area contributed by atoms with Gasteiger partial charge in [0.25, 0.3) is 0 Å². The molecule has 2 aliphatic heterocycles. The van der Waals surface area contributed by atoms with Gasteiger partial charge in [-0.1, -0.05) is 12.2 Å². The molecule has 16 heavy (non-hydrogen) atoms. The summed E-state index contributed by atoms with van der Waals surface area (Å²) in [7, 11) is 0. The van der Waals surface area contributed by atoms with Crippen LogP contribution in [0, 0.1) is 0 Å². The highest BCUT2D eigenvalue weighted by molar-refractivity contribution is 5.88. The maximum atomic E-state index is 12.0. The van der Waals surface area contributed by atoms with Crippen LogP contribution in [0.25, 0.3) is 0 Å². The lowest BCUT2D eigenvalue weighted by molar-refractivity contribution is -0.150. The number of hydrogen-bond acceptors (Lipinski definition) is 3. The van der Waals surface area contributed by atoms with Gasteiger partial charge >= 0.3 is 5.97 Å². The number of nitrogens with two attached hydrogens (primary N) is 1. The summed E-state index contributed by atoms with van der Waals surface area (Å²) in [4.78, 5) is 24.5. The van der Waals surface area contributed by atoms with E-state index in [2.05, 4.69) is 0 Å². The van der Waals surface area contributed by atoms with Gasteiger partial charge in [-0.15, -0.1) is 0 Å². The average Bonchev–Trinajstić information content (AvgIpc) is 2.64. The summed E-state index contributed by atoms with van der Waals surface area (Å²) in [6.07, 6.45) is 6.42. The molecule has 0 aromatic heterocycles. The van der Waals surface area contributed by atoms with Crippen molar-refractivity contribution in [3.8, 4) is 0 Å². The highest BCUT2D eigenvalue weighted by Gasteiger charge is 2.42. The molecule has 0 unspecified atom stereocenters. The number of carboxylic acid groups (broad SMARTS) is 1. The van der Waals surface area contributed by atoms with Crippen molar-refractivity contribution >= 4 is 11.9 Å². The minimum Gasteiger partial charge on any atom is -0.480 e. The molecule has 2 aliphatic rings. The van der Waals surface area contributed by atoms with Crippen LogP contribution < -0.4 is 5.73 Å². The number of carbonyl (C=O) groups is 2. The van der Waals surface area contributed by atoms with Crippen LogP contribution in [0.2, 0.25) is 0 Å². The lowest BCUT2D eigenvalue weighted by Crippen LogP contribution is -2.52. The van der Waals surface area contributed by atoms with E-state index in [1.165, 1.54) is 4.90 Å². The molecular weight excluding hydrogens is 208 g/mol. The van der Waals surface area contributed by atoms with E-state index in [1.807, 2.05) is 12.2 Å². The number of rotatable bonds is 1. The Morgan fingerprint density at radius 2 is 2.06 bits per heavy atom. The second-order valence-electron chi connectivity index (χ2n) is 4.38. The number of aliphatic carboxylic acids is 1. The van der Waals surface area contributed by atoms with Crippen molar-refractivity contribution in [1.29, 1.82) is 0 Å². The largest absolute Gasteiger partial charge is 0.480 e. The van der Waals surface area contributed by atoms with Gasteiger partial charge in [-0.3, -0.25) is 4.79 Å². The summed E-state index contributed by atoms with van der Waals surface area (Å²) in [6, 6.07) is -1.27. The van der Waals surface area contributed by atoms with Gasteiger partial charge in [0.1, 0.15) is 6.04 Å². The van der Waals surface area contributed by atoms with E-state index in [4.69, 9.17) is 10.8 Å². The fourth-order valence-corrected chi connectivity index (χ4v) is 2.48. The lowest BCUT2D eigenvalue weighted by atomic mass is 10.1. The molecule has 1 saturated heterocycles. The second-order valence-corrected chi connectivity index (χ2v) is 4.38. The first-order chi connectivity index (χ1) is 7.61. The quantitative estimate of drug-likeness (QED) is 0.619. The van der Waals surface area contributed by atoms with Crippen LogP contribution in [-0.4, -0.2) is 40.0 Å². The number of nitrogens with zero attached hydrogens (tertiary/aromatic N) is 1. The van der Waals surface area contributed by atoms with Crippen molar-refractivity contribution in [1.82, 2.24) is 4.90 Å². The van der Waals surface area contributed by atoms with E-state index in [9.17, 15) is 9.59 Å². The first-order valence-electron chi connectivity index (χ1n) is 5.57. The van der Waals surface area contributed by atoms with Crippen molar-refractivity contribution in [3.05, 3.63) is 12.2 Å². The topological polar surface area (TPSA) is 83.6 Å². The zero-order valence-corrected chi connectivity index (χ0v) is 9.00. The van der Waals surface area contributed by atoms with Crippen LogP contribution in [0.4, 0.5) is 0 Å². The molecule has 2 rings (SSSR count). The molecule has 1 fully saturated rings. The Balaban J connectivity index is 2.26. The predicted octanol–water partition coefficient (Wildman–Crippen LogP) is 0.108. The zero-order valence-electron chi connectivity index (χ0n) is 9.00. The van der Waals surface area contributed by atoms with E-state index in [0.29, 0.717) is 12.8 Å². The Hall–Kier alpha value is -1.36. The number of fused-ring (bicyclic) bond motifs is 1. The summed E-state index contributed by atoms with van der Waals surface area (Å²) in [5.41, 5.74) is 5.73. The Morgan fingerprint density at radius 3 is 2.75 bits per heavy atom. The molecule has 5 nitrogen and oxygen atoms in total. The molecule has 0 aromatic carbocycles. The third kappa shape index (κ3) is 1.82. The summed E-state index contributed by atoms with van der Waals surface area (Å²) in [5, 5.41) is 9.07. The van der Waals surface area contributed by atoms with Gasteiger partial charge in [-0.25, -0.2) is 4.79 Å². The van der Waals surface area contributed by atoms with E-state index in [0.717, 1.165) is 12.8 Å². The molecule has 0 spiro atoms. The van der Waals surface area contributed by atoms with Crippen molar-refractivity contribution in [2.24, 2.45) is 5.73 Å². The SMILES string of the molecule is N[C@H]1C/C=C\C[C@H]2CC[C@@H](C(=O)O)N2C1=O. The minimum absolute atomic E-state index is 0.0104. The monoisotopic (exact) mass is 224 g/mol. The van der Waals surface area contributed by atoms with Crippen LogP contribution in [-0.2, 0) is 9.59 Å². The fraction of sp³-hybridized carbons (Fsp3) is 0.636. The average molecular weight is 224 g/mol. The number of hydrogen-bond donors (Lipinski definition) is 2. The van der Waals surface area contributed by atoms with Gasteiger partial charge in [-0.05, 0) is 25.7 Å². The van der Waals surface area contributed by atoms with Gasteiger partial charge in [0.2, 0.25) is 5.91 Å². The number of carbonyl (C=O) groups excluding carboxylic acids is 1. The van der Waals surface area contributed by atoms with E-state index in [-0.39, 0.29) is 11.9 Å². The molecule has 0 radical (unpaired) electrons. The van der Waals surface area contributed by atoms with Crippen LogP contribution >= 0.6 is 0 Å². The molecule has 5 heteroatoms. The molecular formula is C11H16N2O3. The molecule has 1 amide bonds. The minimum atomic E-state index is -0.924. The molecule has 88 valence electrons. The summed E-state index contributed by atoms with van der Waals surface area (Å²) in [6.45, 7) is 0. The highest BCUT2D eigenvalue weighted by atomic mass is 16.4. The molecule has 3 N–H and O–H groups in total. The summed E-state index contributed by atoms with van der Waals surface area (Å²) >= 11 is 0. The number of amides is 1. The lowest BCUT2D eigenvalue weighted by Gasteiger charge is -2.31. The fourth-order valence-electron chi connectivity index (χ4n) is 2.48. The molecule has 0 aromatic rings. The Morgan fingerprint density at radius 1 is 1.38 bits per heavy atom. The van der Waals surface area contributed by atoms with Gasteiger partial charge in [-0.2, -0.15) is 0 Å². The van der Waals surface area contributed by atoms with Gasteiger partial charge in [0, 0.05) is 6.04 Å². The normalized spacial score (nSPS) is 36.4. The van der Waals surface area contributed by atoms with E-state index >= 15 is 0 Å². The first-order valence-corrected chi connectivity index (χ1v) is 5.57. The predicted molar refractivity (Wildman–Crippen MR) is 57.6 cm³/mol. The van der Waals surface area contributed by atoms with E-state index in [1.54, 1.807) is 0 Å². The smallest absolute Gasteiger partial charge is 0.326 e. The third-order valence-electron chi connectivity index (χ3n) is 3.32. The maximum Gasteiger partial charge on any atom is 0.326 e. The Kier molecular flexibility index (Phi) is 2.96. The van der Waals surface area contributed by atoms with Crippen molar-refractivity contribution < 1.29 is 14.7 Å². The molecule has 0 saturated carbocycles. The van der Waals surface area contributed by atoms with Crippen LogP contribution in [0.5, 0.6) is 0 Å². The third-order valence-corrected chi connectivity index (χ3v) is 3.32. The molecule has 2 heterocycles. The first kappa shape index (κ1) is 11.1. The van der Waals surface area contributed by atoms with Gasteiger partial charge in [0.05, 0.1) is 6.04 Å². The van der Waals surface area contributed by atoms with Crippen LogP contribution in [0.15, 0.2) is 12.2 Å². The van der Waals surface area contributed by atoms with E-state index < -0.39 is 18.1 Å². The van der Waals surface area contributed by atoms with Gasteiger partial charge < -0.3 is 15.7 Å². The summed E-state index contributed by atoms with van der Waals surface area (Å²) in [5.74, 6) is -1.15. The Labute approximate surface area is 93.9 Å². The maximum absolute atomic E-state index is 12.0. The molecule has 0 bridgehead atoms. The Bertz CT molecular complexity index is 340. The molecule has 0 aliphatic carbocycles. The summed E-state index contributed by atoms with van der Waals surface area (Å²) < 4.78 is 0. The van der Waals surface area contributed by atoms with Crippen LogP contribution in [0.1, 0.15) is 25.7 Å². The van der Waals surface area contributed by atoms with Crippen molar-refractivity contribution in [3.63, 3.8) is 0 Å². The van der Waals surface area contributed by atoms with Crippen molar-refractivity contribution in [2.45, 2.75) is 43.8 Å². The zero-order chi connectivity index (χ0) is 11.7.